The number of aryl methyl sites for hydroxylation is 1. The second-order valence-corrected chi connectivity index (χ2v) is 9.57. The molecule has 1 N–H and O–H groups in total. The van der Waals surface area contributed by atoms with E-state index in [1.54, 1.807) is 49.5 Å². The number of anilines is 1. The lowest BCUT2D eigenvalue weighted by molar-refractivity contribution is -0.116. The minimum absolute atomic E-state index is 0.00350. The number of rotatable bonds is 8. The lowest BCUT2D eigenvalue weighted by atomic mass is 10.2. The summed E-state index contributed by atoms with van der Waals surface area (Å²) < 4.78 is 40.0. The van der Waals surface area contributed by atoms with Gasteiger partial charge in [-0.2, -0.15) is 0 Å². The molecule has 1 aromatic heterocycles. The normalized spacial score (nSPS) is 11.6. The molecule has 4 aromatic rings. The number of methoxy groups -OCH3 is 2. The van der Waals surface area contributed by atoms with E-state index in [1.165, 1.54) is 43.1 Å². The van der Waals surface area contributed by atoms with Gasteiger partial charge in [0.15, 0.2) is 17.2 Å². The predicted molar refractivity (Wildman–Crippen MR) is 135 cm³/mol. The van der Waals surface area contributed by atoms with E-state index in [1.807, 2.05) is 6.07 Å². The molecule has 186 valence electrons. The van der Waals surface area contributed by atoms with Crippen LogP contribution >= 0.6 is 0 Å². The van der Waals surface area contributed by atoms with Gasteiger partial charge in [0.2, 0.25) is 5.88 Å². The van der Waals surface area contributed by atoms with Crippen LogP contribution in [0, 0.1) is 0 Å². The lowest BCUT2D eigenvalue weighted by Gasteiger charge is -2.24. The highest BCUT2D eigenvalue weighted by Crippen LogP contribution is 2.38. The van der Waals surface area contributed by atoms with Gasteiger partial charge in [0.25, 0.3) is 15.9 Å². The van der Waals surface area contributed by atoms with Crippen LogP contribution in [0.3, 0.4) is 0 Å². The SMILES string of the molecule is COc1ccc(N(CC(=O)N=Nc2c(O)n(C)c3ccccc23)S(=O)(=O)c2ccccc2)cc1OC. The summed E-state index contributed by atoms with van der Waals surface area (Å²) in [6, 6.07) is 19.4. The molecule has 0 atom stereocenters. The van der Waals surface area contributed by atoms with Crippen molar-refractivity contribution in [2.24, 2.45) is 17.3 Å². The highest BCUT2D eigenvalue weighted by molar-refractivity contribution is 7.92. The van der Waals surface area contributed by atoms with Crippen LogP contribution < -0.4 is 13.8 Å². The van der Waals surface area contributed by atoms with Crippen LogP contribution in [-0.4, -0.2) is 44.8 Å². The van der Waals surface area contributed by atoms with Gasteiger partial charge in [-0.3, -0.25) is 9.10 Å². The number of carbonyl (C=O) groups excluding carboxylic acids is 1. The Balaban J connectivity index is 1.72. The molecule has 0 fully saturated rings. The predicted octanol–water partition coefficient (Wildman–Crippen LogP) is 4.41. The summed E-state index contributed by atoms with van der Waals surface area (Å²) in [5, 5.41) is 18.7. The summed E-state index contributed by atoms with van der Waals surface area (Å²) in [6.07, 6.45) is 0. The van der Waals surface area contributed by atoms with Crippen LogP contribution in [0.1, 0.15) is 0 Å². The van der Waals surface area contributed by atoms with Gasteiger partial charge in [-0.05, 0) is 30.3 Å². The third-order valence-electron chi connectivity index (χ3n) is 5.58. The Kier molecular flexibility index (Phi) is 6.93. The number of hydrogen-bond acceptors (Lipinski definition) is 7. The fourth-order valence-electron chi connectivity index (χ4n) is 3.73. The second kappa shape index (κ2) is 10.1. The molecule has 0 saturated heterocycles. The zero-order valence-electron chi connectivity index (χ0n) is 19.8. The number of aromatic hydroxyl groups is 1. The molecule has 0 aliphatic rings. The zero-order valence-corrected chi connectivity index (χ0v) is 20.6. The van der Waals surface area contributed by atoms with E-state index in [4.69, 9.17) is 9.47 Å². The first kappa shape index (κ1) is 24.7. The van der Waals surface area contributed by atoms with Crippen LogP contribution in [0.25, 0.3) is 10.9 Å². The molecular weight excluding hydrogens is 484 g/mol. The quantitative estimate of drug-likeness (QED) is 0.352. The van der Waals surface area contributed by atoms with Crippen molar-refractivity contribution in [2.45, 2.75) is 4.90 Å². The minimum Gasteiger partial charge on any atom is -0.493 e. The average molecular weight is 509 g/mol. The molecule has 0 aliphatic carbocycles. The Morgan fingerprint density at radius 1 is 0.972 bits per heavy atom. The first-order valence-corrected chi connectivity index (χ1v) is 12.2. The third kappa shape index (κ3) is 4.60. The van der Waals surface area contributed by atoms with Crippen molar-refractivity contribution in [3.63, 3.8) is 0 Å². The maximum Gasteiger partial charge on any atom is 0.285 e. The number of nitrogens with zero attached hydrogens (tertiary/aromatic N) is 4. The van der Waals surface area contributed by atoms with Crippen LogP contribution in [-0.2, 0) is 21.9 Å². The van der Waals surface area contributed by atoms with E-state index in [9.17, 15) is 18.3 Å². The number of hydrogen-bond donors (Lipinski definition) is 1. The second-order valence-electron chi connectivity index (χ2n) is 7.71. The first-order valence-electron chi connectivity index (χ1n) is 10.8. The van der Waals surface area contributed by atoms with Gasteiger partial charge in [0.1, 0.15) is 6.54 Å². The largest absolute Gasteiger partial charge is 0.493 e. The number of amides is 1. The molecule has 36 heavy (non-hydrogen) atoms. The summed E-state index contributed by atoms with van der Waals surface area (Å²) >= 11 is 0. The maximum absolute atomic E-state index is 13.5. The Morgan fingerprint density at radius 3 is 2.33 bits per heavy atom. The van der Waals surface area contributed by atoms with Crippen molar-refractivity contribution < 1.29 is 27.8 Å². The smallest absolute Gasteiger partial charge is 0.285 e. The summed E-state index contributed by atoms with van der Waals surface area (Å²) in [5.74, 6) is -0.313. The van der Waals surface area contributed by atoms with Gasteiger partial charge in [-0.25, -0.2) is 8.42 Å². The highest BCUT2D eigenvalue weighted by Gasteiger charge is 2.28. The fourth-order valence-corrected chi connectivity index (χ4v) is 5.16. The molecule has 0 spiro atoms. The molecule has 4 rings (SSSR count). The number of sulfonamides is 1. The molecule has 1 amide bonds. The zero-order chi connectivity index (χ0) is 25.9. The van der Waals surface area contributed by atoms with E-state index in [0.29, 0.717) is 16.7 Å². The highest BCUT2D eigenvalue weighted by atomic mass is 32.2. The van der Waals surface area contributed by atoms with Crippen molar-refractivity contribution >= 4 is 38.2 Å². The number of para-hydroxylation sites is 1. The Morgan fingerprint density at radius 2 is 1.64 bits per heavy atom. The number of carbonyl (C=O) groups is 1. The summed E-state index contributed by atoms with van der Waals surface area (Å²) in [4.78, 5) is 12.9. The number of ether oxygens (including phenoxy) is 2. The topological polar surface area (TPSA) is 123 Å². The van der Waals surface area contributed by atoms with E-state index >= 15 is 0 Å². The molecule has 0 radical (unpaired) electrons. The maximum atomic E-state index is 13.5. The number of fused-ring (bicyclic) bond motifs is 1. The van der Waals surface area contributed by atoms with Crippen molar-refractivity contribution in [1.82, 2.24) is 4.57 Å². The van der Waals surface area contributed by atoms with Crippen molar-refractivity contribution in [1.29, 1.82) is 0 Å². The molecule has 11 heteroatoms. The van der Waals surface area contributed by atoms with Gasteiger partial charge in [0, 0.05) is 18.5 Å². The molecule has 0 bridgehead atoms. The molecular formula is C25H24N4O6S. The van der Waals surface area contributed by atoms with Crippen molar-refractivity contribution in [3.8, 4) is 17.4 Å². The first-order chi connectivity index (χ1) is 17.3. The van der Waals surface area contributed by atoms with Crippen molar-refractivity contribution in [3.05, 3.63) is 72.8 Å². The molecule has 0 aliphatic heterocycles. The molecule has 3 aromatic carbocycles. The summed E-state index contributed by atoms with van der Waals surface area (Å²) in [5.41, 5.74) is 0.994. The molecule has 1 heterocycles. The summed E-state index contributed by atoms with van der Waals surface area (Å²) in [6.45, 7) is -0.637. The molecule has 0 saturated carbocycles. The monoisotopic (exact) mass is 508 g/mol. The van der Waals surface area contributed by atoms with E-state index in [0.717, 1.165) is 4.31 Å². The fraction of sp³-hybridized carbons (Fsp3) is 0.160. The van der Waals surface area contributed by atoms with Crippen LogP contribution in [0.5, 0.6) is 17.4 Å². The Labute approximate surface area is 208 Å². The van der Waals surface area contributed by atoms with Crippen LogP contribution in [0.4, 0.5) is 11.4 Å². The average Bonchev–Trinajstić information content (AvgIpc) is 3.15. The Bertz CT molecular complexity index is 1550. The Hall–Kier alpha value is -4.38. The van der Waals surface area contributed by atoms with Crippen LogP contribution in [0.15, 0.2) is 87.9 Å². The number of azo groups is 1. The van der Waals surface area contributed by atoms with E-state index in [-0.39, 0.29) is 27.9 Å². The number of benzene rings is 3. The van der Waals surface area contributed by atoms with E-state index in [2.05, 4.69) is 10.2 Å². The van der Waals surface area contributed by atoms with Gasteiger partial charge < -0.3 is 19.1 Å². The minimum atomic E-state index is -4.15. The lowest BCUT2D eigenvalue weighted by Crippen LogP contribution is -2.35. The van der Waals surface area contributed by atoms with Gasteiger partial charge >= 0.3 is 0 Å². The van der Waals surface area contributed by atoms with E-state index < -0.39 is 22.5 Å². The summed E-state index contributed by atoms with van der Waals surface area (Å²) in [7, 11) is 0.387. The molecule has 0 unspecified atom stereocenters. The third-order valence-corrected chi connectivity index (χ3v) is 7.36. The standard InChI is InChI=1S/C25H24N4O6S/c1-28-20-12-8-7-11-19(20)24(25(28)31)27-26-23(30)16-29(36(32,33)18-9-5-4-6-10-18)17-13-14-21(34-2)22(15-17)35-3/h4-15,31H,16H2,1-3H3. The van der Waals surface area contributed by atoms with Gasteiger partial charge in [0.05, 0.1) is 30.3 Å². The van der Waals surface area contributed by atoms with Gasteiger partial charge in [-0.15, -0.1) is 10.2 Å². The number of aromatic nitrogens is 1. The van der Waals surface area contributed by atoms with Gasteiger partial charge in [-0.1, -0.05) is 36.4 Å². The van der Waals surface area contributed by atoms with Crippen LogP contribution in [0.2, 0.25) is 0 Å². The van der Waals surface area contributed by atoms with Crippen molar-refractivity contribution in [2.75, 3.05) is 25.1 Å². The molecule has 10 nitrogen and oxygen atoms in total.